The van der Waals surface area contributed by atoms with Crippen molar-refractivity contribution < 1.29 is 27.5 Å². The van der Waals surface area contributed by atoms with Gasteiger partial charge in [0, 0.05) is 18.2 Å². The molecule has 1 aliphatic heterocycles. The summed E-state index contributed by atoms with van der Waals surface area (Å²) in [5, 5.41) is 0. The molecule has 8 heteroatoms. The minimum absolute atomic E-state index is 0.00719. The van der Waals surface area contributed by atoms with Gasteiger partial charge in [-0.25, -0.2) is 0 Å². The summed E-state index contributed by atoms with van der Waals surface area (Å²) in [5.41, 5.74) is -0.497. The molecule has 2 rings (SSSR count). The molecule has 0 saturated carbocycles. The molecular weight excluding hydrogens is 385 g/mol. The van der Waals surface area contributed by atoms with Crippen LogP contribution in [-0.4, -0.2) is 31.1 Å². The van der Waals surface area contributed by atoms with Crippen molar-refractivity contribution in [2.45, 2.75) is 33.9 Å². The molecular formula is C21H23F3N2O3. The Morgan fingerprint density at radius 1 is 1.38 bits per heavy atom. The van der Waals surface area contributed by atoms with Crippen molar-refractivity contribution in [3.8, 4) is 18.1 Å². The smallest absolute Gasteiger partial charge is 0.412 e. The first-order valence-corrected chi connectivity index (χ1v) is 8.82. The Kier molecular flexibility index (Phi) is 8.07. The van der Waals surface area contributed by atoms with E-state index < -0.39 is 17.7 Å². The number of hydrogen-bond donors (Lipinski definition) is 0. The number of nitrogens with zero attached hydrogens (tertiary/aromatic N) is 2. The number of ether oxygens (including phenoxy) is 1. The number of allylic oxidation sites excluding steroid dienone is 2. The number of rotatable bonds is 4. The summed E-state index contributed by atoms with van der Waals surface area (Å²) in [5.74, 6) is 1.84. The molecule has 0 fully saturated rings. The standard InChI is InChI=1S/C19H17F3N2O3.C2H6/c1-5-8-23-16-10-15(6-7-17(16)27-11-18(23)26)24(14(4)25)13(3)9-12(2)19(20,21)22;1-2/h1,6-7,9-10H,3,8,11H2,2,4H3;1-2H3/b12-9+;. The maximum Gasteiger partial charge on any atom is 0.412 e. The zero-order valence-corrected chi connectivity index (χ0v) is 16.8. The minimum Gasteiger partial charge on any atom is -0.482 e. The molecule has 29 heavy (non-hydrogen) atoms. The molecule has 1 heterocycles. The summed E-state index contributed by atoms with van der Waals surface area (Å²) >= 11 is 0. The molecule has 1 aromatic carbocycles. The second-order valence-electron chi connectivity index (χ2n) is 5.80. The van der Waals surface area contributed by atoms with Gasteiger partial charge in [-0.1, -0.05) is 26.3 Å². The summed E-state index contributed by atoms with van der Waals surface area (Å²) in [6, 6.07) is 4.46. The van der Waals surface area contributed by atoms with Gasteiger partial charge in [0.25, 0.3) is 5.91 Å². The van der Waals surface area contributed by atoms with E-state index in [-0.39, 0.29) is 30.4 Å². The van der Waals surface area contributed by atoms with Crippen LogP contribution in [0.25, 0.3) is 0 Å². The van der Waals surface area contributed by atoms with Gasteiger partial charge in [0.2, 0.25) is 5.91 Å². The maximum absolute atomic E-state index is 12.8. The molecule has 0 spiro atoms. The fourth-order valence-electron chi connectivity index (χ4n) is 2.54. The first-order chi connectivity index (χ1) is 13.6. The lowest BCUT2D eigenvalue weighted by Crippen LogP contribution is -2.39. The third-order valence-electron chi connectivity index (χ3n) is 3.83. The zero-order valence-electron chi connectivity index (χ0n) is 16.8. The van der Waals surface area contributed by atoms with Gasteiger partial charge in [0.15, 0.2) is 6.61 Å². The number of fused-ring (bicyclic) bond motifs is 1. The zero-order chi connectivity index (χ0) is 22.4. The highest BCUT2D eigenvalue weighted by molar-refractivity contribution is 6.01. The molecule has 0 aromatic heterocycles. The Morgan fingerprint density at radius 3 is 2.52 bits per heavy atom. The van der Waals surface area contributed by atoms with Crippen LogP contribution in [0.2, 0.25) is 0 Å². The number of anilines is 2. The van der Waals surface area contributed by atoms with Crippen molar-refractivity contribution in [2.75, 3.05) is 23.0 Å². The highest BCUT2D eigenvalue weighted by Gasteiger charge is 2.31. The normalized spacial score (nSPS) is 13.4. The summed E-state index contributed by atoms with van der Waals surface area (Å²) in [6.45, 7) is 9.47. The van der Waals surface area contributed by atoms with Crippen molar-refractivity contribution in [1.82, 2.24) is 0 Å². The number of carbonyl (C=O) groups is 2. The first kappa shape index (κ1) is 23.8. The van der Waals surface area contributed by atoms with Gasteiger partial charge in [-0.15, -0.1) is 6.42 Å². The lowest BCUT2D eigenvalue weighted by atomic mass is 10.1. The molecule has 5 nitrogen and oxygen atoms in total. The molecule has 0 aliphatic carbocycles. The predicted octanol–water partition coefficient (Wildman–Crippen LogP) is 4.45. The molecule has 1 aromatic rings. The average molecular weight is 408 g/mol. The number of benzene rings is 1. The highest BCUT2D eigenvalue weighted by Crippen LogP contribution is 2.37. The second kappa shape index (κ2) is 9.82. The van der Waals surface area contributed by atoms with Gasteiger partial charge in [-0.05, 0) is 31.2 Å². The van der Waals surface area contributed by atoms with Gasteiger partial charge in [0.05, 0.1) is 17.9 Å². The van der Waals surface area contributed by atoms with E-state index in [4.69, 9.17) is 11.2 Å². The van der Waals surface area contributed by atoms with E-state index in [9.17, 15) is 22.8 Å². The van der Waals surface area contributed by atoms with Crippen molar-refractivity contribution in [2.24, 2.45) is 0 Å². The van der Waals surface area contributed by atoms with Crippen LogP contribution in [0.1, 0.15) is 27.7 Å². The van der Waals surface area contributed by atoms with Crippen molar-refractivity contribution in [1.29, 1.82) is 0 Å². The van der Waals surface area contributed by atoms with Gasteiger partial charge in [-0.3, -0.25) is 19.4 Å². The summed E-state index contributed by atoms with van der Waals surface area (Å²) in [7, 11) is 0. The monoisotopic (exact) mass is 408 g/mol. The Hall–Kier alpha value is -3.21. The predicted molar refractivity (Wildman–Crippen MR) is 107 cm³/mol. The second-order valence-corrected chi connectivity index (χ2v) is 5.80. The Balaban J connectivity index is 0.00000204. The molecule has 2 amide bonds. The van der Waals surface area contributed by atoms with E-state index in [1.54, 1.807) is 0 Å². The van der Waals surface area contributed by atoms with Crippen LogP contribution in [0.15, 0.2) is 42.1 Å². The molecule has 0 unspecified atom stereocenters. The molecule has 156 valence electrons. The number of carbonyl (C=O) groups excluding carboxylic acids is 2. The minimum atomic E-state index is -4.54. The van der Waals surface area contributed by atoms with Crippen molar-refractivity contribution >= 4 is 23.2 Å². The van der Waals surface area contributed by atoms with Crippen LogP contribution in [0.4, 0.5) is 24.5 Å². The molecule has 1 aliphatic rings. The van der Waals surface area contributed by atoms with Crippen LogP contribution >= 0.6 is 0 Å². The van der Waals surface area contributed by atoms with E-state index in [0.717, 1.165) is 17.9 Å². The Labute approximate surface area is 168 Å². The molecule has 0 atom stereocenters. The van der Waals surface area contributed by atoms with Crippen molar-refractivity contribution in [3.63, 3.8) is 0 Å². The number of alkyl halides is 3. The number of halogens is 3. The lowest BCUT2D eigenvalue weighted by molar-refractivity contribution is -0.121. The quantitative estimate of drug-likeness (QED) is 0.547. The Morgan fingerprint density at radius 2 is 2.00 bits per heavy atom. The van der Waals surface area contributed by atoms with Gasteiger partial charge in [0.1, 0.15) is 5.75 Å². The van der Waals surface area contributed by atoms with Crippen LogP contribution in [-0.2, 0) is 9.59 Å². The first-order valence-electron chi connectivity index (χ1n) is 8.82. The van der Waals surface area contributed by atoms with Gasteiger partial charge in [-0.2, -0.15) is 13.2 Å². The van der Waals surface area contributed by atoms with Crippen LogP contribution < -0.4 is 14.5 Å². The van der Waals surface area contributed by atoms with Crippen LogP contribution in [0, 0.1) is 12.3 Å². The highest BCUT2D eigenvalue weighted by atomic mass is 19.4. The van der Waals surface area contributed by atoms with E-state index in [0.29, 0.717) is 11.4 Å². The topological polar surface area (TPSA) is 49.9 Å². The van der Waals surface area contributed by atoms with Gasteiger partial charge < -0.3 is 4.74 Å². The number of terminal acetylenes is 1. The fraction of sp³-hybridized carbons (Fsp3) is 0.333. The summed E-state index contributed by atoms with van der Waals surface area (Å²) in [4.78, 5) is 26.4. The SMILES string of the molecule is C#CCN1C(=O)COc2ccc(N(C(=C)/C=C(\C)C(F)(F)F)C(C)=O)cc21.CC. The van der Waals surface area contributed by atoms with Crippen molar-refractivity contribution in [3.05, 3.63) is 42.1 Å². The van der Waals surface area contributed by atoms with E-state index in [1.807, 2.05) is 13.8 Å². The van der Waals surface area contributed by atoms with E-state index in [2.05, 4.69) is 12.5 Å². The largest absolute Gasteiger partial charge is 0.482 e. The summed E-state index contributed by atoms with van der Waals surface area (Å²) in [6.07, 6.45) is 1.53. The molecule has 0 saturated heterocycles. The average Bonchev–Trinajstić information content (AvgIpc) is 2.65. The summed E-state index contributed by atoms with van der Waals surface area (Å²) < 4.78 is 43.7. The van der Waals surface area contributed by atoms with Gasteiger partial charge >= 0.3 is 6.18 Å². The fourth-order valence-corrected chi connectivity index (χ4v) is 2.54. The maximum atomic E-state index is 12.8. The third-order valence-corrected chi connectivity index (χ3v) is 3.83. The molecule has 0 N–H and O–H groups in total. The van der Waals surface area contributed by atoms with Crippen LogP contribution in [0.3, 0.4) is 0 Å². The molecule has 0 radical (unpaired) electrons. The van der Waals surface area contributed by atoms with Crippen LogP contribution in [0.5, 0.6) is 5.75 Å². The molecule has 0 bridgehead atoms. The lowest BCUT2D eigenvalue weighted by Gasteiger charge is -2.30. The Bertz CT molecular complexity index is 867. The number of amides is 2. The third kappa shape index (κ3) is 5.64. The number of hydrogen-bond acceptors (Lipinski definition) is 3. The van der Waals surface area contributed by atoms with E-state index in [1.165, 1.54) is 30.0 Å². The van der Waals surface area contributed by atoms with E-state index >= 15 is 0 Å².